The fraction of sp³-hybridized carbons (Fsp3) is 0.462. The van der Waals surface area contributed by atoms with Crippen molar-refractivity contribution in [3.8, 4) is 0 Å². The Labute approximate surface area is 106 Å². The van der Waals surface area contributed by atoms with E-state index < -0.39 is 0 Å². The molecule has 1 aromatic rings. The lowest BCUT2D eigenvalue weighted by Gasteiger charge is -2.15. The summed E-state index contributed by atoms with van der Waals surface area (Å²) in [5.41, 5.74) is 12.8. The summed E-state index contributed by atoms with van der Waals surface area (Å²) in [7, 11) is 0. The number of amides is 1. The molecule has 5 heteroatoms. The van der Waals surface area contributed by atoms with Crippen LogP contribution in [0.3, 0.4) is 0 Å². The predicted octanol–water partition coefficient (Wildman–Crippen LogP) is 1.01. The Balaban J connectivity index is 1.95. The molecule has 1 fully saturated rings. The molecule has 1 aliphatic rings. The Morgan fingerprint density at radius 1 is 1.50 bits per heavy atom. The summed E-state index contributed by atoms with van der Waals surface area (Å²) in [6.07, 6.45) is 1.19. The zero-order chi connectivity index (χ0) is 13.1. The third kappa shape index (κ3) is 2.73. The van der Waals surface area contributed by atoms with Crippen molar-refractivity contribution in [2.45, 2.75) is 19.4 Å². The Bertz CT molecular complexity index is 448. The zero-order valence-corrected chi connectivity index (χ0v) is 10.5. The normalized spacial score (nSPS) is 22.9. The molecule has 5 N–H and O–H groups in total. The van der Waals surface area contributed by atoms with Gasteiger partial charge in [0.05, 0.1) is 11.7 Å². The molecule has 0 aliphatic carbocycles. The molecule has 1 aliphatic heterocycles. The first-order valence-corrected chi connectivity index (χ1v) is 6.12. The zero-order valence-electron chi connectivity index (χ0n) is 10.5. The minimum atomic E-state index is -0.161. The van der Waals surface area contributed by atoms with Gasteiger partial charge in [-0.05, 0) is 31.5 Å². The lowest BCUT2D eigenvalue weighted by Crippen LogP contribution is -2.32. The van der Waals surface area contributed by atoms with E-state index in [4.69, 9.17) is 16.2 Å². The van der Waals surface area contributed by atoms with Gasteiger partial charge >= 0.3 is 0 Å². The number of nitrogen functional groups attached to an aromatic ring is 2. The maximum atomic E-state index is 12.0. The van der Waals surface area contributed by atoms with Gasteiger partial charge in [0.15, 0.2) is 0 Å². The van der Waals surface area contributed by atoms with Crippen molar-refractivity contribution in [2.24, 2.45) is 5.92 Å². The molecular weight excluding hydrogens is 230 g/mol. The highest BCUT2D eigenvalue weighted by molar-refractivity contribution is 5.99. The molecule has 1 amide bonds. The summed E-state index contributed by atoms with van der Waals surface area (Å²) in [4.78, 5) is 12.0. The highest BCUT2D eigenvalue weighted by Gasteiger charge is 2.24. The highest BCUT2D eigenvalue weighted by atomic mass is 16.5. The van der Waals surface area contributed by atoms with Crippen LogP contribution in [0.15, 0.2) is 18.2 Å². The van der Waals surface area contributed by atoms with E-state index in [0.29, 0.717) is 29.4 Å². The SMILES string of the molecule is CC1OCCC1CNC(=O)c1ccc(N)cc1N. The van der Waals surface area contributed by atoms with Crippen LogP contribution in [0.4, 0.5) is 11.4 Å². The molecule has 2 rings (SSSR count). The van der Waals surface area contributed by atoms with Gasteiger partial charge in [0.25, 0.3) is 5.91 Å². The molecule has 0 radical (unpaired) electrons. The molecule has 18 heavy (non-hydrogen) atoms. The molecule has 1 saturated heterocycles. The molecular formula is C13H19N3O2. The maximum absolute atomic E-state index is 12.0. The van der Waals surface area contributed by atoms with Gasteiger partial charge in [0, 0.05) is 30.4 Å². The first-order chi connectivity index (χ1) is 8.58. The average molecular weight is 249 g/mol. The summed E-state index contributed by atoms with van der Waals surface area (Å²) in [5, 5.41) is 2.89. The van der Waals surface area contributed by atoms with Crippen molar-refractivity contribution >= 4 is 17.3 Å². The standard InChI is InChI=1S/C13H19N3O2/c1-8-9(4-5-18-8)7-16-13(17)11-3-2-10(14)6-12(11)15/h2-3,6,8-9H,4-5,7,14-15H2,1H3,(H,16,17). The number of rotatable bonds is 3. The van der Waals surface area contributed by atoms with E-state index in [1.807, 2.05) is 6.92 Å². The summed E-state index contributed by atoms with van der Waals surface area (Å²) < 4.78 is 5.45. The van der Waals surface area contributed by atoms with Crippen molar-refractivity contribution in [3.05, 3.63) is 23.8 Å². The van der Waals surface area contributed by atoms with Crippen LogP contribution in [0.5, 0.6) is 0 Å². The first-order valence-electron chi connectivity index (χ1n) is 6.12. The molecule has 5 nitrogen and oxygen atoms in total. The van der Waals surface area contributed by atoms with Crippen molar-refractivity contribution in [1.82, 2.24) is 5.32 Å². The largest absolute Gasteiger partial charge is 0.399 e. The quantitative estimate of drug-likeness (QED) is 0.697. The fourth-order valence-electron chi connectivity index (χ4n) is 2.15. The molecule has 0 bridgehead atoms. The molecule has 0 spiro atoms. The molecule has 2 atom stereocenters. The van der Waals surface area contributed by atoms with Crippen LogP contribution in [0.2, 0.25) is 0 Å². The van der Waals surface area contributed by atoms with Gasteiger partial charge in [-0.15, -0.1) is 0 Å². The third-order valence-electron chi connectivity index (χ3n) is 3.38. The second-order valence-electron chi connectivity index (χ2n) is 4.68. The number of hydrogen-bond acceptors (Lipinski definition) is 4. The summed E-state index contributed by atoms with van der Waals surface area (Å²) in [6, 6.07) is 4.91. The maximum Gasteiger partial charge on any atom is 0.253 e. The number of nitrogens with one attached hydrogen (secondary N) is 1. The summed E-state index contributed by atoms with van der Waals surface area (Å²) in [5.74, 6) is 0.218. The predicted molar refractivity (Wildman–Crippen MR) is 71.1 cm³/mol. The van der Waals surface area contributed by atoms with Crippen molar-refractivity contribution in [1.29, 1.82) is 0 Å². The van der Waals surface area contributed by atoms with Gasteiger partial charge in [0.1, 0.15) is 0 Å². The van der Waals surface area contributed by atoms with Crippen LogP contribution in [-0.4, -0.2) is 25.2 Å². The Kier molecular flexibility index (Phi) is 3.72. The van der Waals surface area contributed by atoms with E-state index in [1.54, 1.807) is 18.2 Å². The molecule has 1 aromatic carbocycles. The molecule has 2 unspecified atom stereocenters. The van der Waals surface area contributed by atoms with Gasteiger partial charge in [-0.25, -0.2) is 0 Å². The molecule has 0 saturated carbocycles. The lowest BCUT2D eigenvalue weighted by molar-refractivity contribution is 0.0908. The van der Waals surface area contributed by atoms with Gasteiger partial charge in [-0.3, -0.25) is 4.79 Å². The number of carbonyl (C=O) groups is 1. The van der Waals surface area contributed by atoms with Crippen LogP contribution < -0.4 is 16.8 Å². The minimum Gasteiger partial charge on any atom is -0.399 e. The van der Waals surface area contributed by atoms with E-state index in [0.717, 1.165) is 13.0 Å². The molecule has 0 aromatic heterocycles. The molecule has 98 valence electrons. The van der Waals surface area contributed by atoms with E-state index in [9.17, 15) is 4.79 Å². The average Bonchev–Trinajstić information content (AvgIpc) is 2.72. The number of anilines is 2. The van der Waals surface area contributed by atoms with Crippen LogP contribution in [0.1, 0.15) is 23.7 Å². The number of nitrogens with two attached hydrogens (primary N) is 2. The van der Waals surface area contributed by atoms with Crippen molar-refractivity contribution in [3.63, 3.8) is 0 Å². The van der Waals surface area contributed by atoms with Crippen LogP contribution >= 0.6 is 0 Å². The monoisotopic (exact) mass is 249 g/mol. The lowest BCUT2D eigenvalue weighted by atomic mass is 10.0. The van der Waals surface area contributed by atoms with E-state index in [2.05, 4.69) is 5.32 Å². The third-order valence-corrected chi connectivity index (χ3v) is 3.38. The smallest absolute Gasteiger partial charge is 0.253 e. The number of benzene rings is 1. The Morgan fingerprint density at radius 3 is 2.89 bits per heavy atom. The van der Waals surface area contributed by atoms with E-state index >= 15 is 0 Å². The van der Waals surface area contributed by atoms with Crippen LogP contribution in [0, 0.1) is 5.92 Å². The van der Waals surface area contributed by atoms with Crippen LogP contribution in [0.25, 0.3) is 0 Å². The van der Waals surface area contributed by atoms with Gasteiger partial charge < -0.3 is 21.5 Å². The Hall–Kier alpha value is -1.75. The second-order valence-corrected chi connectivity index (χ2v) is 4.68. The van der Waals surface area contributed by atoms with Gasteiger partial charge in [-0.2, -0.15) is 0 Å². The molecule has 1 heterocycles. The summed E-state index contributed by atoms with van der Waals surface area (Å²) in [6.45, 7) is 3.41. The first kappa shape index (κ1) is 12.7. The summed E-state index contributed by atoms with van der Waals surface area (Å²) >= 11 is 0. The van der Waals surface area contributed by atoms with Gasteiger partial charge in [0.2, 0.25) is 0 Å². The minimum absolute atomic E-state index is 0.161. The number of carbonyl (C=O) groups excluding carboxylic acids is 1. The van der Waals surface area contributed by atoms with E-state index in [-0.39, 0.29) is 12.0 Å². The Morgan fingerprint density at radius 2 is 2.28 bits per heavy atom. The van der Waals surface area contributed by atoms with E-state index in [1.165, 1.54) is 0 Å². The second kappa shape index (κ2) is 5.27. The van der Waals surface area contributed by atoms with Crippen molar-refractivity contribution < 1.29 is 9.53 Å². The van der Waals surface area contributed by atoms with Crippen molar-refractivity contribution in [2.75, 3.05) is 24.6 Å². The van der Waals surface area contributed by atoms with Crippen LogP contribution in [-0.2, 0) is 4.74 Å². The highest BCUT2D eigenvalue weighted by Crippen LogP contribution is 2.20. The van der Waals surface area contributed by atoms with Gasteiger partial charge in [-0.1, -0.05) is 0 Å². The fourth-order valence-corrected chi connectivity index (χ4v) is 2.15. The number of hydrogen-bond donors (Lipinski definition) is 3. The topological polar surface area (TPSA) is 90.4 Å². The number of ether oxygens (including phenoxy) is 1.